The van der Waals surface area contributed by atoms with E-state index in [2.05, 4.69) is 528 Å². The van der Waals surface area contributed by atoms with E-state index in [-0.39, 0.29) is 16.2 Å². The summed E-state index contributed by atoms with van der Waals surface area (Å²) < 4.78 is 27.1. The highest BCUT2D eigenvalue weighted by molar-refractivity contribution is 6.19. The molecular weight excluding hydrogens is 1810 g/mol. The Balaban J connectivity index is 0.000000103. The number of fused-ring (bicyclic) bond motifs is 32. The van der Waals surface area contributed by atoms with Gasteiger partial charge in [-0.1, -0.05) is 399 Å². The van der Waals surface area contributed by atoms with Gasteiger partial charge in [0, 0.05) is 115 Å². The second-order valence-electron chi connectivity index (χ2n) is 42.4. The van der Waals surface area contributed by atoms with Gasteiger partial charge in [0.2, 0.25) is 0 Å². The molecule has 29 aromatic rings. The number of aromatic nitrogens is 3. The summed E-state index contributed by atoms with van der Waals surface area (Å²) in [7, 11) is 0. The van der Waals surface area contributed by atoms with Crippen molar-refractivity contribution in [3.63, 3.8) is 0 Å². The normalized spacial score (nSPS) is 13.5. The van der Waals surface area contributed by atoms with Gasteiger partial charge in [-0.2, -0.15) is 0 Å². The minimum absolute atomic E-state index is 0.157. The van der Waals surface area contributed by atoms with Crippen LogP contribution < -0.4 is 0 Å². The summed E-state index contributed by atoms with van der Waals surface area (Å²) in [6.07, 6.45) is 0. The molecule has 6 heteroatoms. The molecule has 0 radical (unpaired) electrons. The molecule has 149 heavy (non-hydrogen) atoms. The number of rotatable bonds is 9. The zero-order valence-electron chi connectivity index (χ0n) is 83.2. The molecule has 0 atom stereocenters. The van der Waals surface area contributed by atoms with Crippen molar-refractivity contribution in [3.05, 3.63) is 513 Å². The molecule has 0 fully saturated rings. The van der Waals surface area contributed by atoms with Crippen LogP contribution in [0.15, 0.2) is 492 Å². The lowest BCUT2D eigenvalue weighted by molar-refractivity contribution is 0.653. The smallest absolute Gasteiger partial charge is 0.143 e. The molecule has 6 nitrogen and oxygen atoms in total. The maximum absolute atomic E-state index is 6.60. The predicted octanol–water partition coefficient (Wildman–Crippen LogP) is 39.3. The van der Waals surface area contributed by atoms with Crippen molar-refractivity contribution in [2.75, 3.05) is 0 Å². The number of hydrogen-bond donors (Lipinski definition) is 0. The topological polar surface area (TPSA) is 54.2 Å². The zero-order chi connectivity index (χ0) is 99.0. The summed E-state index contributed by atoms with van der Waals surface area (Å²) in [5.41, 5.74) is 46.0. The van der Waals surface area contributed by atoms with Gasteiger partial charge in [0.15, 0.2) is 0 Å². The van der Waals surface area contributed by atoms with E-state index in [1.165, 1.54) is 259 Å². The lowest BCUT2D eigenvalue weighted by atomic mass is 9.82. The van der Waals surface area contributed by atoms with Crippen LogP contribution in [-0.4, -0.2) is 13.7 Å². The molecule has 6 aromatic heterocycles. The fourth-order valence-corrected chi connectivity index (χ4v) is 25.6. The Bertz CT molecular complexity index is 10700. The quantitative estimate of drug-likeness (QED) is 0.145. The van der Waals surface area contributed by atoms with Crippen LogP contribution in [0.1, 0.15) is 74.9 Å². The van der Waals surface area contributed by atoms with Crippen molar-refractivity contribution < 1.29 is 13.3 Å². The standard InChI is InChI=1S/C51H35NO.C49H33NO.C43H29NO/c1-51(2)44-28-27-42-41-15-9-10-16-48(41)53-50(42)49(44)43-26-23-38(31-45(43)51)52-46-29-36(33-13-7-4-8-14-33)21-24-39(46)40-25-22-37(30-47(40)52)35-19-17-34(18-20-35)32-11-5-3-6-12-32;1-49(2)42-23-22-38-37-14-8-9-15-46(37)51-48(38)47(42)39-21-20-36(29-43(39)49)50-44-24-18-34(30-10-4-3-5-11-30)27-40(44)41-28-35(19-25-45(41)50)33-17-16-31-12-6-7-13-32(31)26-33;1-43(2)36-21-20-33-32-12-6-8-14-40(32)45-42(33)41(36)34-19-18-30(25-37(34)43)44-38-13-7-5-11-31(38)35-24-29(17-22-39(35)44)28-16-15-26-9-3-4-10-27(26)23-28/h3-31H,1-2H3;3-29H,1-2H3;3-25H,1-2H3. The molecule has 6 heterocycles. The molecule has 0 saturated heterocycles. The van der Waals surface area contributed by atoms with E-state index >= 15 is 0 Å². The minimum atomic E-state index is -0.201. The maximum Gasteiger partial charge on any atom is 0.143 e. The van der Waals surface area contributed by atoms with Crippen molar-refractivity contribution in [1.82, 2.24) is 13.7 Å². The van der Waals surface area contributed by atoms with E-state index in [9.17, 15) is 0 Å². The summed E-state index contributed by atoms with van der Waals surface area (Å²) in [5, 5.41) is 19.6. The fraction of sp³-hybridized carbons (Fsp3) is 0.0629. The first kappa shape index (κ1) is 85.9. The summed E-state index contributed by atoms with van der Waals surface area (Å²) in [6.45, 7) is 14.1. The van der Waals surface area contributed by atoms with Crippen LogP contribution >= 0.6 is 0 Å². The summed E-state index contributed by atoms with van der Waals surface area (Å²) >= 11 is 0. The van der Waals surface area contributed by atoms with Gasteiger partial charge in [-0.3, -0.25) is 0 Å². The minimum Gasteiger partial charge on any atom is -0.455 e. The number of furan rings is 3. The second-order valence-corrected chi connectivity index (χ2v) is 42.4. The van der Waals surface area contributed by atoms with Gasteiger partial charge in [-0.15, -0.1) is 0 Å². The summed E-state index contributed by atoms with van der Waals surface area (Å²) in [5.74, 6) is 0. The van der Waals surface area contributed by atoms with Gasteiger partial charge < -0.3 is 27.0 Å². The third kappa shape index (κ3) is 13.2. The third-order valence-corrected chi connectivity index (χ3v) is 33.2. The Morgan fingerprint density at radius 1 is 0.154 bits per heavy atom. The summed E-state index contributed by atoms with van der Waals surface area (Å²) in [4.78, 5) is 0. The highest BCUT2D eigenvalue weighted by Gasteiger charge is 2.42. The second kappa shape index (κ2) is 32.7. The zero-order valence-corrected chi connectivity index (χ0v) is 83.2. The molecular formula is C143H97N3O3. The average molecular weight is 1910 g/mol. The van der Waals surface area contributed by atoms with E-state index in [0.29, 0.717) is 0 Å². The van der Waals surface area contributed by atoms with Crippen molar-refractivity contribution in [2.24, 2.45) is 0 Å². The molecule has 0 saturated carbocycles. The van der Waals surface area contributed by atoms with Crippen LogP contribution in [0.5, 0.6) is 0 Å². The van der Waals surface area contributed by atoms with Crippen molar-refractivity contribution >= 4 is 153 Å². The summed E-state index contributed by atoms with van der Waals surface area (Å²) in [6, 6.07) is 175. The fourth-order valence-electron chi connectivity index (χ4n) is 25.6. The molecule has 0 amide bonds. The first-order chi connectivity index (χ1) is 73.1. The lowest BCUT2D eigenvalue weighted by Gasteiger charge is -2.22. The van der Waals surface area contributed by atoms with E-state index in [4.69, 9.17) is 13.3 Å². The van der Waals surface area contributed by atoms with Gasteiger partial charge in [0.05, 0.1) is 33.1 Å². The third-order valence-electron chi connectivity index (χ3n) is 33.2. The molecule has 32 rings (SSSR count). The van der Waals surface area contributed by atoms with Gasteiger partial charge in [-0.25, -0.2) is 0 Å². The first-order valence-corrected chi connectivity index (χ1v) is 51.9. The Morgan fingerprint density at radius 3 is 0.799 bits per heavy atom. The van der Waals surface area contributed by atoms with Gasteiger partial charge in [0.25, 0.3) is 0 Å². The first-order valence-electron chi connectivity index (χ1n) is 51.9. The largest absolute Gasteiger partial charge is 0.455 e. The van der Waals surface area contributed by atoms with Gasteiger partial charge in [-0.05, 0) is 260 Å². The molecule has 0 unspecified atom stereocenters. The monoisotopic (exact) mass is 1900 g/mol. The molecule has 0 spiro atoms. The SMILES string of the molecule is CC1(C)c2cc(-n3c4cc(-c5ccccc5)ccc4c4ccc(-c5ccc(-c6ccccc6)cc5)cc43)ccc2-c2c1ccc1c2oc2ccccc21.CC1(C)c2cc(-n3c4ccc(-c5ccccc5)cc4c4cc(-c5ccc6ccccc6c5)ccc43)ccc2-c2c1ccc1c2oc2ccccc21.CC1(C)c2cc(-n3c4ccccc4c4cc(-c5ccc6ccccc6c5)ccc43)ccc2-c2c1ccc1c2oc2ccccc21. The van der Waals surface area contributed by atoms with Crippen molar-refractivity contribution in [2.45, 2.75) is 57.8 Å². The number of nitrogens with zero attached hydrogens (tertiary/aromatic N) is 3. The maximum atomic E-state index is 6.60. The van der Waals surface area contributed by atoms with Crippen molar-refractivity contribution in [1.29, 1.82) is 0 Å². The predicted molar refractivity (Wildman–Crippen MR) is 624 cm³/mol. The molecule has 3 aliphatic carbocycles. The average Bonchev–Trinajstić information content (AvgIpc) is 1.55. The Kier molecular flexibility index (Phi) is 18.9. The molecule has 702 valence electrons. The van der Waals surface area contributed by atoms with E-state index < -0.39 is 0 Å². The lowest BCUT2D eigenvalue weighted by Crippen LogP contribution is -2.15. The van der Waals surface area contributed by atoms with E-state index in [0.717, 1.165) is 44.6 Å². The highest BCUT2D eigenvalue weighted by Crippen LogP contribution is 2.59. The van der Waals surface area contributed by atoms with Crippen LogP contribution in [-0.2, 0) is 16.2 Å². The van der Waals surface area contributed by atoms with Crippen LogP contribution in [0.4, 0.5) is 0 Å². The highest BCUT2D eigenvalue weighted by atomic mass is 16.3. The van der Waals surface area contributed by atoms with Gasteiger partial charge in [0.1, 0.15) is 33.5 Å². The van der Waals surface area contributed by atoms with Crippen LogP contribution in [0.2, 0.25) is 0 Å². The Morgan fingerprint density at radius 2 is 0.409 bits per heavy atom. The number of para-hydroxylation sites is 4. The molecule has 0 N–H and O–H groups in total. The van der Waals surface area contributed by atoms with Crippen LogP contribution in [0.25, 0.3) is 270 Å². The number of benzene rings is 23. The number of hydrogen-bond acceptors (Lipinski definition) is 3. The Labute approximate surface area is 861 Å². The van der Waals surface area contributed by atoms with E-state index in [1.807, 2.05) is 6.07 Å². The Hall–Kier alpha value is -18.6. The van der Waals surface area contributed by atoms with Crippen molar-refractivity contribution in [3.8, 4) is 117 Å². The molecule has 23 aromatic carbocycles. The molecule has 0 aliphatic heterocycles. The van der Waals surface area contributed by atoms with E-state index in [1.54, 1.807) is 0 Å². The van der Waals surface area contributed by atoms with Gasteiger partial charge >= 0.3 is 0 Å². The molecule has 3 aliphatic rings. The molecule has 0 bridgehead atoms. The van der Waals surface area contributed by atoms with Crippen LogP contribution in [0, 0.1) is 0 Å². The van der Waals surface area contributed by atoms with Crippen LogP contribution in [0.3, 0.4) is 0 Å².